The second kappa shape index (κ2) is 8.28. The Hall–Kier alpha value is -2.21. The van der Waals surface area contributed by atoms with E-state index >= 15 is 0 Å². The van der Waals surface area contributed by atoms with Gasteiger partial charge in [0.05, 0.1) is 6.61 Å². The van der Waals surface area contributed by atoms with E-state index < -0.39 is 20.8 Å². The topological polar surface area (TPSA) is 99.1 Å². The van der Waals surface area contributed by atoms with Crippen LogP contribution in [0.25, 0.3) is 0 Å². The van der Waals surface area contributed by atoms with Gasteiger partial charge in [0.15, 0.2) is 0 Å². The Balaban J connectivity index is 3.15. The van der Waals surface area contributed by atoms with Crippen molar-refractivity contribution >= 4 is 14.0 Å². The number of hydrogen-bond acceptors (Lipinski definition) is 6. The fraction of sp³-hybridized carbons (Fsp3) is 0.400. The third-order valence-electron chi connectivity index (χ3n) is 2.85. The molecule has 0 saturated carbocycles. The summed E-state index contributed by atoms with van der Waals surface area (Å²) in [4.78, 5) is 0. The molecule has 0 fully saturated rings. The van der Waals surface area contributed by atoms with Gasteiger partial charge in [-0.2, -0.15) is 15.8 Å². The molecule has 0 heterocycles. The number of nitriles is 3. The van der Waals surface area contributed by atoms with Crippen molar-refractivity contribution in [3.05, 3.63) is 30.3 Å². The molecule has 1 rings (SSSR count). The summed E-state index contributed by atoms with van der Waals surface area (Å²) < 4.78 is 17.3. The zero-order valence-corrected chi connectivity index (χ0v) is 13.6. The Morgan fingerprint density at radius 1 is 0.909 bits per heavy atom. The number of hydrogen-bond donors (Lipinski definition) is 0. The van der Waals surface area contributed by atoms with E-state index in [1.54, 1.807) is 32.1 Å². The molecule has 0 spiro atoms. The highest BCUT2D eigenvalue weighted by atomic mass is 28.4. The minimum absolute atomic E-state index is 0.347. The summed E-state index contributed by atoms with van der Waals surface area (Å²) in [6.07, 6.45) is 0. The molecule has 0 unspecified atom stereocenters. The van der Waals surface area contributed by atoms with Crippen molar-refractivity contribution in [2.45, 2.75) is 13.8 Å². The second-order valence-electron chi connectivity index (χ2n) is 4.32. The van der Waals surface area contributed by atoms with Crippen molar-refractivity contribution < 1.29 is 13.3 Å². The van der Waals surface area contributed by atoms with Crippen molar-refractivity contribution in [2.24, 2.45) is 5.41 Å². The summed E-state index contributed by atoms with van der Waals surface area (Å²) >= 11 is 0. The molecule has 0 atom stereocenters. The predicted molar refractivity (Wildman–Crippen MR) is 80.3 cm³/mol. The van der Waals surface area contributed by atoms with E-state index in [1.807, 2.05) is 30.3 Å². The molecule has 1 aromatic rings. The molecule has 0 aromatic heterocycles. The van der Waals surface area contributed by atoms with Gasteiger partial charge in [-0.25, -0.2) is 0 Å². The highest BCUT2D eigenvalue weighted by molar-refractivity contribution is 6.75. The summed E-state index contributed by atoms with van der Waals surface area (Å²) in [5.41, 5.74) is -1.87. The molecule has 114 valence electrons. The smallest absolute Gasteiger partial charge is 0.370 e. The van der Waals surface area contributed by atoms with Crippen LogP contribution in [0.3, 0.4) is 0 Å². The van der Waals surface area contributed by atoms with Gasteiger partial charge in [-0.15, -0.1) is 0 Å². The van der Waals surface area contributed by atoms with Gasteiger partial charge >= 0.3 is 8.80 Å². The lowest BCUT2D eigenvalue weighted by Crippen LogP contribution is -2.58. The van der Waals surface area contributed by atoms with E-state index in [4.69, 9.17) is 29.1 Å². The van der Waals surface area contributed by atoms with E-state index in [-0.39, 0.29) is 0 Å². The van der Waals surface area contributed by atoms with Crippen LogP contribution in [0.4, 0.5) is 0 Å². The average Bonchev–Trinajstić information content (AvgIpc) is 2.57. The third kappa shape index (κ3) is 3.91. The largest absolute Gasteiger partial charge is 0.537 e. The Kier molecular flexibility index (Phi) is 6.72. The van der Waals surface area contributed by atoms with Crippen LogP contribution in [-0.2, 0) is 13.3 Å². The number of rotatable bonds is 8. The van der Waals surface area contributed by atoms with Crippen LogP contribution in [0.5, 0.6) is 0 Å². The molecule has 0 N–H and O–H groups in total. The van der Waals surface area contributed by atoms with Crippen LogP contribution in [0.2, 0.25) is 0 Å². The molecule has 0 aliphatic heterocycles. The Bertz CT molecular complexity index is 559. The average molecular weight is 315 g/mol. The fourth-order valence-corrected chi connectivity index (χ4v) is 4.29. The molecule has 0 aliphatic rings. The molecule has 0 bridgehead atoms. The molecule has 0 aliphatic carbocycles. The molecule has 6 nitrogen and oxygen atoms in total. The molecule has 0 radical (unpaired) electrons. The normalized spacial score (nSPS) is 11.2. The first kappa shape index (κ1) is 17.8. The molecule has 0 saturated heterocycles. The summed E-state index contributed by atoms with van der Waals surface area (Å²) in [5.74, 6) is 0. The van der Waals surface area contributed by atoms with E-state index in [2.05, 4.69) is 0 Å². The second-order valence-corrected chi connectivity index (χ2v) is 6.87. The Labute approximate surface area is 131 Å². The molecule has 1 aromatic carbocycles. The van der Waals surface area contributed by atoms with Crippen molar-refractivity contribution in [3.8, 4) is 18.2 Å². The Morgan fingerprint density at radius 3 is 1.82 bits per heavy atom. The summed E-state index contributed by atoms with van der Waals surface area (Å²) in [6.45, 7) is 3.91. The maximum atomic E-state index is 9.06. The number of nitrogens with zero attached hydrogens (tertiary/aromatic N) is 3. The van der Waals surface area contributed by atoms with Gasteiger partial charge in [0, 0.05) is 18.4 Å². The predicted octanol–water partition coefficient (Wildman–Crippen LogP) is 1.48. The summed E-state index contributed by atoms with van der Waals surface area (Å²) in [5, 5.41) is 27.9. The summed E-state index contributed by atoms with van der Waals surface area (Å²) in [7, 11) is -3.28. The zero-order chi connectivity index (χ0) is 16.5. The lowest BCUT2D eigenvalue weighted by atomic mass is 9.96. The van der Waals surface area contributed by atoms with Gasteiger partial charge in [0.2, 0.25) is 5.41 Å². The van der Waals surface area contributed by atoms with Crippen molar-refractivity contribution in [1.29, 1.82) is 15.8 Å². The molecule has 0 amide bonds. The van der Waals surface area contributed by atoms with Crippen molar-refractivity contribution in [3.63, 3.8) is 0 Å². The van der Waals surface area contributed by atoms with Gasteiger partial charge in [-0.3, -0.25) is 0 Å². The fourth-order valence-electron chi connectivity index (χ4n) is 1.77. The third-order valence-corrected chi connectivity index (χ3v) is 5.75. The quantitative estimate of drug-likeness (QED) is 0.674. The first-order valence-corrected chi connectivity index (χ1v) is 8.55. The monoisotopic (exact) mass is 315 g/mol. The van der Waals surface area contributed by atoms with Gasteiger partial charge < -0.3 is 13.3 Å². The van der Waals surface area contributed by atoms with Crippen LogP contribution in [0.15, 0.2) is 30.3 Å². The van der Waals surface area contributed by atoms with E-state index in [0.717, 1.165) is 5.19 Å². The van der Waals surface area contributed by atoms with Crippen molar-refractivity contribution in [2.75, 3.05) is 19.8 Å². The van der Waals surface area contributed by atoms with E-state index in [9.17, 15) is 0 Å². The van der Waals surface area contributed by atoms with Crippen LogP contribution in [0, 0.1) is 39.4 Å². The SMILES string of the molecule is CCO[Si](OCC)(OCC(C#N)(C#N)C#N)c1ccccc1. The first-order chi connectivity index (χ1) is 10.6. The van der Waals surface area contributed by atoms with E-state index in [1.165, 1.54) is 0 Å². The van der Waals surface area contributed by atoms with Crippen LogP contribution in [-0.4, -0.2) is 28.6 Å². The lowest BCUT2D eigenvalue weighted by molar-refractivity contribution is 0.0720. The summed E-state index contributed by atoms with van der Waals surface area (Å²) in [6, 6.07) is 14.2. The zero-order valence-electron chi connectivity index (χ0n) is 12.6. The van der Waals surface area contributed by atoms with Gasteiger partial charge in [-0.1, -0.05) is 30.3 Å². The highest BCUT2D eigenvalue weighted by Gasteiger charge is 2.46. The van der Waals surface area contributed by atoms with Crippen LogP contribution < -0.4 is 5.19 Å². The Morgan fingerprint density at radius 2 is 1.41 bits per heavy atom. The van der Waals surface area contributed by atoms with Crippen LogP contribution in [0.1, 0.15) is 13.8 Å². The minimum Gasteiger partial charge on any atom is -0.370 e. The molecule has 7 heteroatoms. The maximum absolute atomic E-state index is 9.06. The number of benzene rings is 1. The lowest BCUT2D eigenvalue weighted by Gasteiger charge is -2.30. The van der Waals surface area contributed by atoms with Gasteiger partial charge in [0.25, 0.3) is 0 Å². The van der Waals surface area contributed by atoms with E-state index in [0.29, 0.717) is 13.2 Å². The minimum atomic E-state index is -3.28. The van der Waals surface area contributed by atoms with Crippen LogP contribution >= 0.6 is 0 Å². The first-order valence-electron chi connectivity index (χ1n) is 6.83. The van der Waals surface area contributed by atoms with Crippen molar-refractivity contribution in [1.82, 2.24) is 0 Å². The molecule has 22 heavy (non-hydrogen) atoms. The van der Waals surface area contributed by atoms with Gasteiger partial charge in [0.1, 0.15) is 18.2 Å². The van der Waals surface area contributed by atoms with Gasteiger partial charge in [-0.05, 0) is 13.8 Å². The standard InChI is InChI=1S/C15H17N3O3Si/c1-3-19-22(20-4-2,14-8-6-5-7-9-14)21-13-15(10-16,11-17)12-18/h5-9H,3-4,13H2,1-2H3. The highest BCUT2D eigenvalue weighted by Crippen LogP contribution is 2.19. The molecular weight excluding hydrogens is 298 g/mol. The molecular formula is C15H17N3O3Si. The maximum Gasteiger partial charge on any atom is 0.537 e.